The van der Waals surface area contributed by atoms with Crippen LogP contribution in [-0.4, -0.2) is 19.0 Å². The fourth-order valence-electron chi connectivity index (χ4n) is 2.49. The number of carbonyl (C=O) groups is 1. The van der Waals surface area contributed by atoms with Gasteiger partial charge in [0.2, 0.25) is 5.97 Å². The third-order valence-electron chi connectivity index (χ3n) is 3.57. The summed E-state index contributed by atoms with van der Waals surface area (Å²) < 4.78 is 18.9. The summed E-state index contributed by atoms with van der Waals surface area (Å²) in [5.41, 5.74) is 1.60. The lowest BCUT2D eigenvalue weighted by Gasteiger charge is -2.10. The number of methoxy groups -OCH3 is 1. The summed E-state index contributed by atoms with van der Waals surface area (Å²) in [7, 11) is 1.34. The van der Waals surface area contributed by atoms with Crippen molar-refractivity contribution in [3.8, 4) is 0 Å². The molecule has 1 aliphatic rings. The Morgan fingerprint density at radius 2 is 2.00 bits per heavy atom. The molecule has 0 spiro atoms. The lowest BCUT2D eigenvalue weighted by molar-refractivity contribution is 0.0601. The van der Waals surface area contributed by atoms with Crippen molar-refractivity contribution in [2.75, 3.05) is 7.11 Å². The smallest absolute Gasteiger partial charge is 0.337 e. The second kappa shape index (κ2) is 8.20. The van der Waals surface area contributed by atoms with Gasteiger partial charge in [-0.2, -0.15) is 4.39 Å². The summed E-state index contributed by atoms with van der Waals surface area (Å²) in [4.78, 5) is 15.5. The lowest BCUT2D eigenvalue weighted by Crippen LogP contribution is -2.02. The van der Waals surface area contributed by atoms with E-state index in [1.54, 1.807) is 24.3 Å². The van der Waals surface area contributed by atoms with E-state index in [2.05, 4.69) is 4.99 Å². The number of rotatable bonds is 2. The van der Waals surface area contributed by atoms with Crippen LogP contribution in [-0.2, 0) is 4.74 Å². The summed E-state index contributed by atoms with van der Waals surface area (Å²) in [5, 5.41) is 1.72. The Kier molecular flexibility index (Phi) is 6.01. The van der Waals surface area contributed by atoms with Crippen LogP contribution < -0.4 is 0 Å². The molecule has 2 aromatic rings. The van der Waals surface area contributed by atoms with Crippen molar-refractivity contribution in [3.05, 3.63) is 65.9 Å². The van der Waals surface area contributed by atoms with Crippen LogP contribution in [0.1, 0.15) is 36.2 Å². The summed E-state index contributed by atoms with van der Waals surface area (Å²) in [5.74, 6) is -0.938. The molecule has 0 N–H and O–H groups in total. The molecule has 0 bridgehead atoms. The molecular formula is C20H20FNO2. The molecule has 4 heteroatoms. The van der Waals surface area contributed by atoms with Crippen LogP contribution in [0.3, 0.4) is 0 Å². The second-order valence-corrected chi connectivity index (χ2v) is 4.89. The van der Waals surface area contributed by atoms with E-state index < -0.39 is 11.9 Å². The first-order chi connectivity index (χ1) is 11.7. The zero-order chi connectivity index (χ0) is 17.5. The van der Waals surface area contributed by atoms with Crippen LogP contribution in [0, 0.1) is 0 Å². The fourth-order valence-corrected chi connectivity index (χ4v) is 2.49. The molecule has 0 amide bonds. The number of ether oxygens (including phenoxy) is 1. The number of halogens is 1. The number of carbonyl (C=O) groups excluding carboxylic acids is 1. The molecule has 0 atom stereocenters. The maximum atomic E-state index is 14.2. The molecule has 24 heavy (non-hydrogen) atoms. The highest BCUT2D eigenvalue weighted by atomic mass is 19.1. The van der Waals surface area contributed by atoms with E-state index in [9.17, 15) is 9.18 Å². The van der Waals surface area contributed by atoms with Crippen molar-refractivity contribution < 1.29 is 13.9 Å². The van der Waals surface area contributed by atoms with Gasteiger partial charge in [-0.25, -0.2) is 9.79 Å². The minimum Gasteiger partial charge on any atom is -0.465 e. The first-order valence-electron chi connectivity index (χ1n) is 7.91. The standard InChI is InChI=1S/C18H14FNO2.C2H6/c1-22-18(21)13-9-8-12-5-4-7-14(16(12)11-13)15-6-2-3-10-20-17(15)19;1-2/h3-11H,2H2,1H3;1-2H3. The lowest BCUT2D eigenvalue weighted by atomic mass is 9.96. The average Bonchev–Trinajstić information content (AvgIpc) is 2.86. The topological polar surface area (TPSA) is 38.7 Å². The SMILES string of the molecule is CC.COC(=O)c1ccc2cccc(C3=CCC=CN=C3F)c2c1. The van der Waals surface area contributed by atoms with E-state index in [1.807, 2.05) is 38.1 Å². The third kappa shape index (κ3) is 3.59. The van der Waals surface area contributed by atoms with Crippen molar-refractivity contribution >= 4 is 28.3 Å². The molecule has 1 heterocycles. The van der Waals surface area contributed by atoms with E-state index in [0.29, 0.717) is 23.1 Å². The van der Waals surface area contributed by atoms with Crippen LogP contribution in [0.15, 0.2) is 59.7 Å². The Morgan fingerprint density at radius 3 is 2.75 bits per heavy atom. The predicted molar refractivity (Wildman–Crippen MR) is 96.9 cm³/mol. The minimum atomic E-state index is -0.523. The van der Waals surface area contributed by atoms with Gasteiger partial charge in [0.05, 0.1) is 12.7 Å². The number of hydrogen-bond acceptors (Lipinski definition) is 3. The molecular weight excluding hydrogens is 305 g/mol. The van der Waals surface area contributed by atoms with Gasteiger partial charge in [-0.3, -0.25) is 0 Å². The number of aliphatic imine (C=N–C) groups is 1. The van der Waals surface area contributed by atoms with Crippen LogP contribution in [0.5, 0.6) is 0 Å². The van der Waals surface area contributed by atoms with Gasteiger partial charge in [0.15, 0.2) is 0 Å². The maximum Gasteiger partial charge on any atom is 0.337 e. The van der Waals surface area contributed by atoms with Crippen molar-refractivity contribution in [1.82, 2.24) is 0 Å². The number of fused-ring (bicyclic) bond motifs is 1. The van der Waals surface area contributed by atoms with Gasteiger partial charge in [-0.1, -0.05) is 50.3 Å². The highest BCUT2D eigenvalue weighted by Gasteiger charge is 2.15. The number of benzene rings is 2. The Labute approximate surface area is 141 Å². The van der Waals surface area contributed by atoms with E-state index in [1.165, 1.54) is 13.3 Å². The molecule has 0 radical (unpaired) electrons. The van der Waals surface area contributed by atoms with Crippen molar-refractivity contribution in [2.24, 2.45) is 4.99 Å². The van der Waals surface area contributed by atoms with E-state index in [4.69, 9.17) is 4.74 Å². The van der Waals surface area contributed by atoms with Crippen molar-refractivity contribution in [2.45, 2.75) is 20.3 Å². The number of esters is 1. The average molecular weight is 325 g/mol. The van der Waals surface area contributed by atoms with Crippen LogP contribution >= 0.6 is 0 Å². The number of nitrogens with zero attached hydrogens (tertiary/aromatic N) is 1. The quantitative estimate of drug-likeness (QED) is 0.701. The first kappa shape index (κ1) is 17.6. The molecule has 0 fully saturated rings. The summed E-state index contributed by atoms with van der Waals surface area (Å²) >= 11 is 0. The molecule has 3 rings (SSSR count). The normalized spacial score (nSPS) is 13.3. The van der Waals surface area contributed by atoms with Gasteiger partial charge >= 0.3 is 5.97 Å². The highest BCUT2D eigenvalue weighted by Crippen LogP contribution is 2.29. The van der Waals surface area contributed by atoms with E-state index in [0.717, 1.165) is 10.8 Å². The van der Waals surface area contributed by atoms with Crippen LogP contribution in [0.4, 0.5) is 4.39 Å². The molecule has 0 saturated carbocycles. The first-order valence-corrected chi connectivity index (χ1v) is 7.91. The van der Waals surface area contributed by atoms with E-state index >= 15 is 0 Å². The van der Waals surface area contributed by atoms with Crippen LogP contribution in [0.2, 0.25) is 0 Å². The Balaban J connectivity index is 0.00000100. The van der Waals surface area contributed by atoms with Crippen molar-refractivity contribution in [1.29, 1.82) is 0 Å². The Morgan fingerprint density at radius 1 is 1.21 bits per heavy atom. The van der Waals surface area contributed by atoms with Gasteiger partial charge < -0.3 is 4.74 Å². The maximum absolute atomic E-state index is 14.2. The Bertz CT molecular complexity index is 835. The van der Waals surface area contributed by atoms with Crippen molar-refractivity contribution in [3.63, 3.8) is 0 Å². The molecule has 0 unspecified atom stereocenters. The molecule has 0 aliphatic carbocycles. The van der Waals surface area contributed by atoms with Gasteiger partial charge in [-0.05, 0) is 34.9 Å². The number of hydrogen-bond donors (Lipinski definition) is 0. The molecule has 0 aromatic heterocycles. The molecule has 124 valence electrons. The highest BCUT2D eigenvalue weighted by molar-refractivity contribution is 6.22. The molecule has 3 nitrogen and oxygen atoms in total. The largest absolute Gasteiger partial charge is 0.465 e. The van der Waals surface area contributed by atoms with E-state index in [-0.39, 0.29) is 0 Å². The van der Waals surface area contributed by atoms with Gasteiger partial charge in [0.1, 0.15) is 0 Å². The van der Waals surface area contributed by atoms with Gasteiger partial charge in [-0.15, -0.1) is 0 Å². The van der Waals surface area contributed by atoms with Gasteiger partial charge in [0.25, 0.3) is 0 Å². The molecule has 2 aromatic carbocycles. The van der Waals surface area contributed by atoms with Gasteiger partial charge in [0, 0.05) is 11.8 Å². The third-order valence-corrected chi connectivity index (χ3v) is 3.57. The predicted octanol–water partition coefficient (Wildman–Crippen LogP) is 5.32. The Hall–Kier alpha value is -2.75. The summed E-state index contributed by atoms with van der Waals surface area (Å²) in [6.45, 7) is 4.00. The zero-order valence-corrected chi connectivity index (χ0v) is 14.0. The number of allylic oxidation sites excluding steroid dienone is 3. The fraction of sp³-hybridized carbons (Fsp3) is 0.200. The second-order valence-electron chi connectivity index (χ2n) is 4.89. The monoisotopic (exact) mass is 325 g/mol. The zero-order valence-electron chi connectivity index (χ0n) is 14.0. The minimum absolute atomic E-state index is 0.414. The van der Waals surface area contributed by atoms with Crippen LogP contribution in [0.25, 0.3) is 16.3 Å². The molecule has 1 aliphatic heterocycles. The molecule has 0 saturated heterocycles. The summed E-state index contributed by atoms with van der Waals surface area (Å²) in [6, 6.07) is 10.9. The summed E-state index contributed by atoms with van der Waals surface area (Å²) in [6.07, 6.45) is 5.66.